The highest BCUT2D eigenvalue weighted by molar-refractivity contribution is 9.10. The number of amides is 2. The monoisotopic (exact) mass is 555 g/mol. The first-order chi connectivity index (χ1) is 17.0. The van der Waals surface area contributed by atoms with Crippen molar-refractivity contribution in [2.45, 2.75) is 56.5 Å². The van der Waals surface area contributed by atoms with Crippen molar-refractivity contribution >= 4 is 44.4 Å². The first-order valence-electron chi connectivity index (χ1n) is 12.1. The molecule has 10 heteroatoms. The van der Waals surface area contributed by atoms with Crippen LogP contribution in [0.5, 0.6) is 0 Å². The summed E-state index contributed by atoms with van der Waals surface area (Å²) in [6.45, 7) is 2.10. The molecule has 0 atom stereocenters. The van der Waals surface area contributed by atoms with Gasteiger partial charge in [0.1, 0.15) is 0 Å². The molecule has 5 rings (SSSR count). The Morgan fingerprint density at radius 1 is 1.14 bits per heavy atom. The number of carbonyl (C=O) groups excluding carboxylic acids is 1. The Morgan fingerprint density at radius 2 is 1.83 bits per heavy atom. The van der Waals surface area contributed by atoms with E-state index in [4.69, 9.17) is 10.7 Å². The minimum absolute atomic E-state index is 0.0773. The van der Waals surface area contributed by atoms with Gasteiger partial charge in [0.2, 0.25) is 5.95 Å². The summed E-state index contributed by atoms with van der Waals surface area (Å²) in [7, 11) is 0. The zero-order valence-corrected chi connectivity index (χ0v) is 21.9. The van der Waals surface area contributed by atoms with Gasteiger partial charge in [0, 0.05) is 58.9 Å². The Morgan fingerprint density at radius 3 is 2.51 bits per heavy atom. The van der Waals surface area contributed by atoms with Gasteiger partial charge in [0.15, 0.2) is 5.13 Å². The smallest absolute Gasteiger partial charge is 0.321 e. The minimum atomic E-state index is -0.288. The normalized spacial score (nSPS) is 17.9. The van der Waals surface area contributed by atoms with E-state index in [9.17, 15) is 4.79 Å². The third kappa shape index (κ3) is 5.49. The number of nitrogens with zero attached hydrogens (tertiary/aromatic N) is 4. The number of piperidine rings is 1. The van der Waals surface area contributed by atoms with Crippen LogP contribution in [0.2, 0.25) is 0 Å². The van der Waals surface area contributed by atoms with Crippen LogP contribution in [0, 0.1) is 0 Å². The summed E-state index contributed by atoms with van der Waals surface area (Å²) in [5.41, 5.74) is 9.07. The molecule has 2 aliphatic rings. The summed E-state index contributed by atoms with van der Waals surface area (Å²) in [5.74, 6) is 0.715. The Labute approximate surface area is 217 Å². The molecule has 3 heterocycles. The highest BCUT2D eigenvalue weighted by Gasteiger charge is 2.39. The summed E-state index contributed by atoms with van der Waals surface area (Å²) < 4.78 is 1.07. The minimum Gasteiger partial charge on any atom is -0.341 e. The topological polar surface area (TPSA) is 109 Å². The van der Waals surface area contributed by atoms with Gasteiger partial charge in [0.25, 0.3) is 0 Å². The maximum absolute atomic E-state index is 12.5. The van der Waals surface area contributed by atoms with Gasteiger partial charge in [-0.1, -0.05) is 40.9 Å². The number of hydrogen-bond donors (Lipinski definition) is 3. The molecular weight excluding hydrogens is 526 g/mol. The highest BCUT2D eigenvalue weighted by Crippen LogP contribution is 2.47. The number of nitrogens with two attached hydrogens (primary N) is 1. The SMILES string of the molecule is NC1CCN(c2ncc(CNC(=O)Nc3nc(C4(c5ccc(Br)cc5)CCCC4)cs3)cn2)CC1. The van der Waals surface area contributed by atoms with E-state index in [1.807, 2.05) is 0 Å². The third-order valence-corrected chi connectivity index (χ3v) is 8.32. The van der Waals surface area contributed by atoms with Crippen molar-refractivity contribution < 1.29 is 4.79 Å². The Kier molecular flexibility index (Phi) is 7.31. The predicted molar refractivity (Wildman–Crippen MR) is 143 cm³/mol. The van der Waals surface area contributed by atoms with Crippen molar-refractivity contribution in [3.63, 3.8) is 0 Å². The Balaban J connectivity index is 1.17. The Hall–Kier alpha value is -2.56. The third-order valence-electron chi connectivity index (χ3n) is 7.04. The fourth-order valence-corrected chi connectivity index (χ4v) is 6.09. The number of aromatic nitrogens is 3. The molecule has 1 saturated heterocycles. The van der Waals surface area contributed by atoms with Crippen LogP contribution in [-0.4, -0.2) is 40.1 Å². The molecule has 1 aromatic carbocycles. The molecule has 2 aromatic heterocycles. The molecule has 1 aliphatic heterocycles. The first kappa shape index (κ1) is 24.1. The van der Waals surface area contributed by atoms with E-state index in [0.717, 1.165) is 54.5 Å². The number of benzene rings is 1. The van der Waals surface area contributed by atoms with Crippen molar-refractivity contribution in [1.29, 1.82) is 0 Å². The maximum atomic E-state index is 12.5. The summed E-state index contributed by atoms with van der Waals surface area (Å²) in [4.78, 5) is 28.4. The van der Waals surface area contributed by atoms with Crippen LogP contribution in [0.4, 0.5) is 15.9 Å². The van der Waals surface area contributed by atoms with Crippen LogP contribution in [0.15, 0.2) is 46.5 Å². The number of hydrogen-bond acceptors (Lipinski definition) is 7. The van der Waals surface area contributed by atoms with E-state index >= 15 is 0 Å². The quantitative estimate of drug-likeness (QED) is 0.402. The summed E-state index contributed by atoms with van der Waals surface area (Å²) in [6.07, 6.45) is 9.95. The van der Waals surface area contributed by atoms with E-state index in [2.05, 4.69) is 71.1 Å². The molecule has 8 nitrogen and oxygen atoms in total. The molecule has 0 bridgehead atoms. The second kappa shape index (κ2) is 10.6. The van der Waals surface area contributed by atoms with Gasteiger partial charge in [-0.2, -0.15) is 0 Å². The van der Waals surface area contributed by atoms with E-state index in [1.165, 1.54) is 29.7 Å². The van der Waals surface area contributed by atoms with E-state index in [1.54, 1.807) is 12.4 Å². The molecule has 0 spiro atoms. The van der Waals surface area contributed by atoms with Gasteiger partial charge in [-0.3, -0.25) is 5.32 Å². The van der Waals surface area contributed by atoms with Crippen molar-refractivity contribution in [2.75, 3.05) is 23.3 Å². The maximum Gasteiger partial charge on any atom is 0.321 e. The van der Waals surface area contributed by atoms with Gasteiger partial charge < -0.3 is 16.0 Å². The molecule has 1 aliphatic carbocycles. The van der Waals surface area contributed by atoms with Gasteiger partial charge in [0.05, 0.1) is 5.69 Å². The number of rotatable bonds is 6. The summed E-state index contributed by atoms with van der Waals surface area (Å²) >= 11 is 5.00. The van der Waals surface area contributed by atoms with E-state index in [0.29, 0.717) is 17.6 Å². The largest absolute Gasteiger partial charge is 0.341 e. The van der Waals surface area contributed by atoms with Crippen molar-refractivity contribution in [2.24, 2.45) is 5.73 Å². The van der Waals surface area contributed by atoms with Crippen molar-refractivity contribution in [3.05, 3.63) is 63.3 Å². The number of urea groups is 1. The average Bonchev–Trinajstić information content (AvgIpc) is 3.55. The first-order valence-corrected chi connectivity index (χ1v) is 13.8. The van der Waals surface area contributed by atoms with Gasteiger partial charge in [-0.25, -0.2) is 19.7 Å². The van der Waals surface area contributed by atoms with Crippen molar-refractivity contribution in [3.8, 4) is 0 Å². The standard InChI is InChI=1S/C25H30BrN7OS/c26-19-5-3-18(4-6-19)25(9-1-2-10-25)21-16-35-24(31-21)32-23(34)30-15-17-13-28-22(29-14-17)33-11-7-20(27)8-12-33/h3-6,13-14,16,20H,1-2,7-12,15,27H2,(H2,30,31,32,34). The number of thiazole rings is 1. The van der Waals surface area contributed by atoms with Gasteiger partial charge >= 0.3 is 6.03 Å². The lowest BCUT2D eigenvalue weighted by Crippen LogP contribution is -2.40. The molecule has 2 amide bonds. The average molecular weight is 557 g/mol. The molecule has 184 valence electrons. The lowest BCUT2D eigenvalue weighted by molar-refractivity contribution is 0.251. The zero-order chi connectivity index (χ0) is 24.3. The zero-order valence-electron chi connectivity index (χ0n) is 19.5. The molecular formula is C25H30BrN7OS. The summed E-state index contributed by atoms with van der Waals surface area (Å²) in [5, 5.41) is 8.46. The van der Waals surface area contributed by atoms with Crippen LogP contribution in [-0.2, 0) is 12.0 Å². The lowest BCUT2D eigenvalue weighted by atomic mass is 9.76. The van der Waals surface area contributed by atoms with Gasteiger partial charge in [-0.15, -0.1) is 11.3 Å². The molecule has 1 saturated carbocycles. The second-order valence-corrected chi connectivity index (χ2v) is 11.1. The Bertz CT molecular complexity index is 1140. The molecule has 0 unspecified atom stereocenters. The number of anilines is 2. The van der Waals surface area contributed by atoms with Crippen LogP contribution in [0.25, 0.3) is 0 Å². The van der Waals surface area contributed by atoms with E-state index < -0.39 is 0 Å². The number of nitrogens with one attached hydrogen (secondary N) is 2. The second-order valence-electron chi connectivity index (χ2n) is 9.36. The molecule has 3 aromatic rings. The molecule has 35 heavy (non-hydrogen) atoms. The molecule has 0 radical (unpaired) electrons. The molecule has 4 N–H and O–H groups in total. The predicted octanol–water partition coefficient (Wildman–Crippen LogP) is 4.80. The number of carbonyl (C=O) groups is 1. The summed E-state index contributed by atoms with van der Waals surface area (Å²) in [6, 6.07) is 8.53. The van der Waals surface area contributed by atoms with Crippen LogP contribution >= 0.6 is 27.3 Å². The van der Waals surface area contributed by atoms with Crippen LogP contribution in [0.1, 0.15) is 55.3 Å². The van der Waals surface area contributed by atoms with Crippen LogP contribution in [0.3, 0.4) is 0 Å². The highest BCUT2D eigenvalue weighted by atomic mass is 79.9. The van der Waals surface area contributed by atoms with E-state index in [-0.39, 0.29) is 17.5 Å². The molecule has 2 fully saturated rings. The lowest BCUT2D eigenvalue weighted by Gasteiger charge is -2.30. The number of halogens is 1. The fourth-order valence-electron chi connectivity index (χ4n) is 5.02. The van der Waals surface area contributed by atoms with Crippen molar-refractivity contribution in [1.82, 2.24) is 20.3 Å². The fraction of sp³-hybridized carbons (Fsp3) is 0.440. The van der Waals surface area contributed by atoms with Gasteiger partial charge in [-0.05, 0) is 43.4 Å². The van der Waals surface area contributed by atoms with Crippen LogP contribution < -0.4 is 21.3 Å².